The summed E-state index contributed by atoms with van der Waals surface area (Å²) in [6.07, 6.45) is 1.41. The Balaban J connectivity index is 1.18. The van der Waals surface area contributed by atoms with Gasteiger partial charge in [-0.15, -0.1) is 0 Å². The van der Waals surface area contributed by atoms with E-state index in [0.29, 0.717) is 26.1 Å². The Morgan fingerprint density at radius 3 is 2.18 bits per heavy atom. The molecule has 2 aliphatic heterocycles. The molecule has 7 nitrogen and oxygen atoms in total. The van der Waals surface area contributed by atoms with Gasteiger partial charge in [-0.05, 0) is 48.4 Å². The predicted octanol–water partition coefficient (Wildman–Crippen LogP) is 2.87. The van der Waals surface area contributed by atoms with Crippen molar-refractivity contribution < 1.29 is 14.3 Å². The van der Waals surface area contributed by atoms with E-state index in [2.05, 4.69) is 22.0 Å². The minimum atomic E-state index is 0.0173. The van der Waals surface area contributed by atoms with Gasteiger partial charge in [0.15, 0.2) is 0 Å². The van der Waals surface area contributed by atoms with Crippen LogP contribution in [-0.4, -0.2) is 80.6 Å². The van der Waals surface area contributed by atoms with E-state index in [4.69, 9.17) is 4.74 Å². The first-order valence-corrected chi connectivity index (χ1v) is 12.0. The van der Waals surface area contributed by atoms with E-state index in [1.807, 2.05) is 53.4 Å². The minimum Gasteiger partial charge on any atom is -0.378 e. The molecule has 176 valence electrons. The number of amides is 2. The van der Waals surface area contributed by atoms with Crippen molar-refractivity contribution in [2.45, 2.75) is 19.8 Å². The van der Waals surface area contributed by atoms with Gasteiger partial charge in [0.1, 0.15) is 0 Å². The van der Waals surface area contributed by atoms with Gasteiger partial charge in [-0.25, -0.2) is 0 Å². The molecule has 4 rings (SSSR count). The predicted molar refractivity (Wildman–Crippen MR) is 131 cm³/mol. The van der Waals surface area contributed by atoms with E-state index in [0.717, 1.165) is 62.8 Å². The Hall–Kier alpha value is -2.90. The highest BCUT2D eigenvalue weighted by molar-refractivity contribution is 5.94. The number of rotatable bonds is 7. The summed E-state index contributed by atoms with van der Waals surface area (Å²) < 4.78 is 5.40. The molecule has 2 saturated heterocycles. The Morgan fingerprint density at radius 1 is 0.879 bits per heavy atom. The van der Waals surface area contributed by atoms with Crippen LogP contribution in [0.4, 0.5) is 11.4 Å². The molecule has 2 amide bonds. The van der Waals surface area contributed by atoms with E-state index < -0.39 is 0 Å². The van der Waals surface area contributed by atoms with Gasteiger partial charge in [0.2, 0.25) is 5.91 Å². The quantitative estimate of drug-likeness (QED) is 0.703. The van der Waals surface area contributed by atoms with Crippen molar-refractivity contribution in [3.05, 3.63) is 59.7 Å². The summed E-state index contributed by atoms with van der Waals surface area (Å²) in [5, 5.41) is 3.00. The zero-order chi connectivity index (χ0) is 23.0. The molecule has 0 spiro atoms. The number of carbonyl (C=O) groups excluding carboxylic acids is 2. The number of anilines is 2. The third-order valence-corrected chi connectivity index (χ3v) is 6.45. The largest absolute Gasteiger partial charge is 0.378 e. The number of nitrogens with zero attached hydrogens (tertiary/aromatic N) is 3. The number of benzene rings is 2. The maximum atomic E-state index is 12.7. The summed E-state index contributed by atoms with van der Waals surface area (Å²) in [5.74, 6) is 0.110. The number of ether oxygens (including phenoxy) is 1. The number of carbonyl (C=O) groups is 2. The normalized spacial score (nSPS) is 17.1. The molecule has 7 heteroatoms. The molecule has 2 aromatic carbocycles. The van der Waals surface area contributed by atoms with E-state index in [-0.39, 0.29) is 11.8 Å². The van der Waals surface area contributed by atoms with Gasteiger partial charge in [-0.3, -0.25) is 14.5 Å². The molecule has 0 saturated carbocycles. The lowest BCUT2D eigenvalue weighted by Crippen LogP contribution is -2.49. The van der Waals surface area contributed by atoms with Crippen LogP contribution in [0, 0.1) is 0 Å². The van der Waals surface area contributed by atoms with Crippen molar-refractivity contribution in [2.75, 3.05) is 69.2 Å². The Bertz CT molecular complexity index is 916. The van der Waals surface area contributed by atoms with Crippen molar-refractivity contribution in [1.82, 2.24) is 9.80 Å². The van der Waals surface area contributed by atoms with Gasteiger partial charge in [-0.2, -0.15) is 0 Å². The number of morpholine rings is 1. The SMILES string of the molecule is CCc1ccc(C(=O)N2CCN(CCC(=O)Nc3ccc(N4CCOCC4)cc3)CC2)cc1. The molecule has 2 fully saturated rings. The highest BCUT2D eigenvalue weighted by atomic mass is 16.5. The first-order valence-electron chi connectivity index (χ1n) is 12.0. The first kappa shape index (κ1) is 23.3. The van der Waals surface area contributed by atoms with Crippen LogP contribution in [0.1, 0.15) is 29.3 Å². The Morgan fingerprint density at radius 2 is 1.55 bits per heavy atom. The molecule has 2 aliphatic rings. The molecule has 0 aromatic heterocycles. The molecule has 0 atom stereocenters. The summed E-state index contributed by atoms with van der Waals surface area (Å²) in [5.41, 5.74) is 3.97. The van der Waals surface area contributed by atoms with E-state index >= 15 is 0 Å². The summed E-state index contributed by atoms with van der Waals surface area (Å²) in [4.78, 5) is 31.6. The standard InChI is InChI=1S/C26H34N4O3/c1-2-21-3-5-22(6-4-21)26(32)30-15-13-28(14-16-30)12-11-25(31)27-23-7-9-24(10-8-23)29-17-19-33-20-18-29/h3-10H,2,11-20H2,1H3,(H,27,31). The summed E-state index contributed by atoms with van der Waals surface area (Å²) >= 11 is 0. The lowest BCUT2D eigenvalue weighted by molar-refractivity contribution is -0.116. The number of piperazine rings is 1. The maximum absolute atomic E-state index is 12.7. The summed E-state index contributed by atoms with van der Waals surface area (Å²) in [6, 6.07) is 15.9. The van der Waals surface area contributed by atoms with Gasteiger partial charge >= 0.3 is 0 Å². The smallest absolute Gasteiger partial charge is 0.253 e. The Labute approximate surface area is 196 Å². The monoisotopic (exact) mass is 450 g/mol. The van der Waals surface area contributed by atoms with Crippen LogP contribution < -0.4 is 10.2 Å². The third kappa shape index (κ3) is 6.33. The van der Waals surface area contributed by atoms with Gasteiger partial charge in [-0.1, -0.05) is 19.1 Å². The molecule has 0 radical (unpaired) electrons. The van der Waals surface area contributed by atoms with Gasteiger partial charge < -0.3 is 19.9 Å². The van der Waals surface area contributed by atoms with Crippen LogP contribution in [-0.2, 0) is 16.0 Å². The zero-order valence-electron chi connectivity index (χ0n) is 19.5. The average molecular weight is 451 g/mol. The van der Waals surface area contributed by atoms with Crippen molar-refractivity contribution in [1.29, 1.82) is 0 Å². The Kier molecular flexibility index (Phi) is 7.96. The van der Waals surface area contributed by atoms with Crippen LogP contribution in [0.2, 0.25) is 0 Å². The minimum absolute atomic E-state index is 0.0173. The molecule has 2 aromatic rings. The molecule has 33 heavy (non-hydrogen) atoms. The van der Waals surface area contributed by atoms with E-state index in [1.165, 1.54) is 5.56 Å². The molecule has 1 N–H and O–H groups in total. The van der Waals surface area contributed by atoms with Crippen molar-refractivity contribution in [3.63, 3.8) is 0 Å². The van der Waals surface area contributed by atoms with Gasteiger partial charge in [0, 0.05) is 69.2 Å². The molecular formula is C26H34N4O3. The molecular weight excluding hydrogens is 416 g/mol. The number of aryl methyl sites for hydroxylation is 1. The summed E-state index contributed by atoms with van der Waals surface area (Å²) in [7, 11) is 0. The molecule has 2 heterocycles. The van der Waals surface area contributed by atoms with Gasteiger partial charge in [0.25, 0.3) is 5.91 Å². The first-order chi connectivity index (χ1) is 16.1. The van der Waals surface area contributed by atoms with Crippen molar-refractivity contribution in [3.8, 4) is 0 Å². The average Bonchev–Trinajstić information content (AvgIpc) is 2.88. The fourth-order valence-electron chi connectivity index (χ4n) is 4.30. The van der Waals surface area contributed by atoms with E-state index in [1.54, 1.807) is 0 Å². The molecule has 0 bridgehead atoms. The highest BCUT2D eigenvalue weighted by Crippen LogP contribution is 2.19. The van der Waals surface area contributed by atoms with Crippen LogP contribution >= 0.6 is 0 Å². The van der Waals surface area contributed by atoms with Crippen LogP contribution in [0.3, 0.4) is 0 Å². The van der Waals surface area contributed by atoms with Crippen molar-refractivity contribution in [2.24, 2.45) is 0 Å². The second-order valence-corrected chi connectivity index (χ2v) is 8.63. The fourth-order valence-corrected chi connectivity index (χ4v) is 4.30. The molecule has 0 unspecified atom stereocenters. The highest BCUT2D eigenvalue weighted by Gasteiger charge is 2.22. The topological polar surface area (TPSA) is 65.1 Å². The zero-order valence-corrected chi connectivity index (χ0v) is 19.5. The molecule has 0 aliphatic carbocycles. The second kappa shape index (κ2) is 11.3. The van der Waals surface area contributed by atoms with Crippen LogP contribution in [0.25, 0.3) is 0 Å². The van der Waals surface area contributed by atoms with Crippen LogP contribution in [0.15, 0.2) is 48.5 Å². The lowest BCUT2D eigenvalue weighted by atomic mass is 10.1. The fraction of sp³-hybridized carbons (Fsp3) is 0.462. The lowest BCUT2D eigenvalue weighted by Gasteiger charge is -2.34. The third-order valence-electron chi connectivity index (χ3n) is 6.45. The summed E-state index contributed by atoms with van der Waals surface area (Å²) in [6.45, 7) is 9.09. The van der Waals surface area contributed by atoms with Crippen LogP contribution in [0.5, 0.6) is 0 Å². The van der Waals surface area contributed by atoms with E-state index in [9.17, 15) is 9.59 Å². The van der Waals surface area contributed by atoms with Crippen molar-refractivity contribution >= 4 is 23.2 Å². The van der Waals surface area contributed by atoms with Gasteiger partial charge in [0.05, 0.1) is 13.2 Å². The number of hydrogen-bond donors (Lipinski definition) is 1. The second-order valence-electron chi connectivity index (χ2n) is 8.63. The number of nitrogens with one attached hydrogen (secondary N) is 1. The number of hydrogen-bond acceptors (Lipinski definition) is 5. The maximum Gasteiger partial charge on any atom is 0.253 e.